The van der Waals surface area contributed by atoms with Gasteiger partial charge in [0.25, 0.3) is 5.91 Å². The third-order valence-corrected chi connectivity index (χ3v) is 4.52. The molecule has 1 aromatic carbocycles. The summed E-state index contributed by atoms with van der Waals surface area (Å²) < 4.78 is 6.72. The van der Waals surface area contributed by atoms with Crippen molar-refractivity contribution >= 4 is 34.2 Å². The Hall–Kier alpha value is -0.780. The summed E-state index contributed by atoms with van der Waals surface area (Å²) >= 11 is 3.44. The third kappa shape index (κ3) is 5.37. The quantitative estimate of drug-likeness (QED) is 0.827. The number of hydrogen-bond acceptors (Lipinski definition) is 3. The Bertz CT molecular complexity index is 537. The zero-order chi connectivity index (χ0) is 16.3. The van der Waals surface area contributed by atoms with Crippen molar-refractivity contribution < 1.29 is 9.53 Å². The van der Waals surface area contributed by atoms with Crippen LogP contribution in [0.5, 0.6) is 5.75 Å². The minimum Gasteiger partial charge on any atom is -0.490 e. The molecular formula is C17H26BrClN2O2. The second-order valence-electron chi connectivity index (χ2n) is 6.32. The third-order valence-electron chi connectivity index (χ3n) is 4.03. The topological polar surface area (TPSA) is 55.6 Å². The van der Waals surface area contributed by atoms with E-state index in [2.05, 4.69) is 15.9 Å². The van der Waals surface area contributed by atoms with E-state index in [9.17, 15) is 4.79 Å². The molecule has 2 rings (SSSR count). The molecule has 130 valence electrons. The molecular weight excluding hydrogens is 380 g/mol. The number of halogens is 2. The molecule has 1 aromatic rings. The highest BCUT2D eigenvalue weighted by Crippen LogP contribution is 2.28. The van der Waals surface area contributed by atoms with Crippen LogP contribution < -0.4 is 10.5 Å². The molecule has 0 aromatic heterocycles. The number of likely N-dealkylation sites (tertiary alicyclic amines) is 1. The lowest BCUT2D eigenvalue weighted by atomic mass is 9.92. The molecule has 0 saturated carbocycles. The molecule has 1 aliphatic rings. The summed E-state index contributed by atoms with van der Waals surface area (Å²) in [5, 5.41) is 0. The molecule has 1 fully saturated rings. The summed E-state index contributed by atoms with van der Waals surface area (Å²) in [4.78, 5) is 14.8. The number of carbonyl (C=O) groups excluding carboxylic acids is 1. The Morgan fingerprint density at radius 1 is 1.39 bits per heavy atom. The molecule has 1 aliphatic heterocycles. The minimum atomic E-state index is 0. The van der Waals surface area contributed by atoms with Crippen LogP contribution in [-0.4, -0.2) is 36.0 Å². The van der Waals surface area contributed by atoms with Crippen LogP contribution in [0.2, 0.25) is 0 Å². The van der Waals surface area contributed by atoms with Gasteiger partial charge in [0.05, 0.1) is 11.7 Å². The van der Waals surface area contributed by atoms with E-state index < -0.39 is 0 Å². The van der Waals surface area contributed by atoms with Crippen LogP contribution in [0, 0.1) is 5.92 Å². The highest BCUT2D eigenvalue weighted by molar-refractivity contribution is 9.10. The van der Waals surface area contributed by atoms with Crippen LogP contribution in [-0.2, 0) is 0 Å². The molecule has 1 amide bonds. The lowest BCUT2D eigenvalue weighted by Crippen LogP contribution is -2.45. The first kappa shape index (κ1) is 20.3. The number of rotatable bonds is 4. The highest BCUT2D eigenvalue weighted by atomic mass is 79.9. The van der Waals surface area contributed by atoms with Crippen LogP contribution in [0.25, 0.3) is 0 Å². The van der Waals surface area contributed by atoms with Gasteiger partial charge in [0.15, 0.2) is 0 Å². The van der Waals surface area contributed by atoms with Gasteiger partial charge < -0.3 is 15.4 Å². The van der Waals surface area contributed by atoms with Crippen molar-refractivity contribution in [3.05, 3.63) is 28.2 Å². The van der Waals surface area contributed by atoms with E-state index in [-0.39, 0.29) is 30.5 Å². The van der Waals surface area contributed by atoms with E-state index in [1.54, 1.807) is 0 Å². The van der Waals surface area contributed by atoms with Crippen LogP contribution in [0.15, 0.2) is 22.7 Å². The van der Waals surface area contributed by atoms with Crippen LogP contribution >= 0.6 is 28.3 Å². The minimum absolute atomic E-state index is 0. The Balaban J connectivity index is 0.00000264. The number of piperidine rings is 1. The number of carbonyl (C=O) groups is 1. The highest BCUT2D eigenvalue weighted by Gasteiger charge is 2.28. The Kier molecular flexibility index (Phi) is 7.84. The second kappa shape index (κ2) is 8.90. The monoisotopic (exact) mass is 404 g/mol. The van der Waals surface area contributed by atoms with Crippen molar-refractivity contribution in [2.24, 2.45) is 11.7 Å². The molecule has 2 unspecified atom stereocenters. The van der Waals surface area contributed by atoms with E-state index in [0.717, 1.165) is 30.4 Å². The number of ether oxygens (including phenoxy) is 1. The van der Waals surface area contributed by atoms with Gasteiger partial charge in [-0.05, 0) is 57.7 Å². The number of nitrogens with zero attached hydrogens (tertiary/aromatic N) is 1. The normalized spacial score (nSPS) is 19.2. The summed E-state index contributed by atoms with van der Waals surface area (Å²) in [5.41, 5.74) is 6.64. The first-order valence-corrected chi connectivity index (χ1v) is 8.69. The molecule has 0 radical (unpaired) electrons. The van der Waals surface area contributed by atoms with Crippen LogP contribution in [0.1, 0.15) is 44.0 Å². The van der Waals surface area contributed by atoms with Gasteiger partial charge in [-0.25, -0.2) is 0 Å². The van der Waals surface area contributed by atoms with E-state index in [4.69, 9.17) is 10.5 Å². The van der Waals surface area contributed by atoms with Crippen molar-refractivity contribution in [1.29, 1.82) is 0 Å². The zero-order valence-corrected chi connectivity index (χ0v) is 16.3. The fourth-order valence-electron chi connectivity index (χ4n) is 2.82. The Morgan fingerprint density at radius 2 is 2.09 bits per heavy atom. The van der Waals surface area contributed by atoms with Gasteiger partial charge >= 0.3 is 0 Å². The van der Waals surface area contributed by atoms with Gasteiger partial charge in [-0.15, -0.1) is 12.4 Å². The summed E-state index contributed by atoms with van der Waals surface area (Å²) in [6, 6.07) is 5.69. The standard InChI is InChI=1S/C17H25BrN2O2.ClH/c1-11(2)22-16-9-14(18)6-7-15(16)17(21)20-8-4-5-13(10-20)12(3)19;/h6-7,9,11-13H,4-5,8,10,19H2,1-3H3;1H. The van der Waals surface area contributed by atoms with Crippen molar-refractivity contribution in [3.63, 3.8) is 0 Å². The predicted octanol–water partition coefficient (Wildman–Crippen LogP) is 3.86. The fourth-order valence-corrected chi connectivity index (χ4v) is 3.16. The largest absolute Gasteiger partial charge is 0.490 e. The molecule has 2 atom stereocenters. The predicted molar refractivity (Wildman–Crippen MR) is 99.4 cm³/mol. The Labute approximate surface area is 153 Å². The zero-order valence-electron chi connectivity index (χ0n) is 13.9. The SMILES string of the molecule is CC(C)Oc1cc(Br)ccc1C(=O)N1CCCC(C(C)N)C1.Cl. The molecule has 1 heterocycles. The maximum Gasteiger partial charge on any atom is 0.257 e. The average Bonchev–Trinajstić information content (AvgIpc) is 2.46. The van der Waals surface area contributed by atoms with Gasteiger partial charge in [-0.1, -0.05) is 15.9 Å². The van der Waals surface area contributed by atoms with Gasteiger partial charge in [0, 0.05) is 23.6 Å². The maximum absolute atomic E-state index is 12.9. The first-order valence-electron chi connectivity index (χ1n) is 7.89. The molecule has 0 aliphatic carbocycles. The summed E-state index contributed by atoms with van der Waals surface area (Å²) in [7, 11) is 0. The smallest absolute Gasteiger partial charge is 0.257 e. The van der Waals surface area contributed by atoms with Crippen molar-refractivity contribution in [2.45, 2.75) is 45.8 Å². The van der Waals surface area contributed by atoms with E-state index in [0.29, 0.717) is 17.2 Å². The lowest BCUT2D eigenvalue weighted by molar-refractivity contribution is 0.0655. The molecule has 0 bridgehead atoms. The molecule has 23 heavy (non-hydrogen) atoms. The fraction of sp³-hybridized carbons (Fsp3) is 0.588. The van der Waals surface area contributed by atoms with Crippen LogP contribution in [0.4, 0.5) is 0 Å². The number of amides is 1. The lowest BCUT2D eigenvalue weighted by Gasteiger charge is -2.35. The van der Waals surface area contributed by atoms with Crippen LogP contribution in [0.3, 0.4) is 0 Å². The van der Waals surface area contributed by atoms with Crippen molar-refractivity contribution in [2.75, 3.05) is 13.1 Å². The summed E-state index contributed by atoms with van der Waals surface area (Å²) in [6.45, 7) is 7.46. The number of nitrogens with two attached hydrogens (primary N) is 1. The first-order chi connectivity index (χ1) is 10.4. The van der Waals surface area contributed by atoms with Crippen molar-refractivity contribution in [3.8, 4) is 5.75 Å². The summed E-state index contributed by atoms with van der Waals surface area (Å²) in [5.74, 6) is 1.05. The molecule has 1 saturated heterocycles. The number of benzene rings is 1. The maximum atomic E-state index is 12.9. The van der Waals surface area contributed by atoms with E-state index >= 15 is 0 Å². The molecule has 2 N–H and O–H groups in total. The van der Waals surface area contributed by atoms with E-state index in [1.807, 2.05) is 43.9 Å². The Morgan fingerprint density at radius 3 is 2.70 bits per heavy atom. The molecule has 0 spiro atoms. The van der Waals surface area contributed by atoms with E-state index in [1.165, 1.54) is 0 Å². The average molecular weight is 406 g/mol. The van der Waals surface area contributed by atoms with Gasteiger partial charge in [-0.2, -0.15) is 0 Å². The second-order valence-corrected chi connectivity index (χ2v) is 7.24. The number of hydrogen-bond donors (Lipinski definition) is 1. The van der Waals surface area contributed by atoms with Gasteiger partial charge in [0.2, 0.25) is 0 Å². The van der Waals surface area contributed by atoms with Crippen molar-refractivity contribution in [1.82, 2.24) is 4.90 Å². The molecule has 6 heteroatoms. The van der Waals surface area contributed by atoms with Gasteiger partial charge in [0.1, 0.15) is 5.75 Å². The molecule has 4 nitrogen and oxygen atoms in total. The van der Waals surface area contributed by atoms with Gasteiger partial charge in [-0.3, -0.25) is 4.79 Å². The summed E-state index contributed by atoms with van der Waals surface area (Å²) in [6.07, 6.45) is 2.13.